The van der Waals surface area contributed by atoms with Crippen LogP contribution in [0.5, 0.6) is 0 Å². The molecule has 0 aliphatic carbocycles. The zero-order valence-electron chi connectivity index (χ0n) is 10.9. The molecule has 2 heterocycles. The molecule has 0 bridgehead atoms. The van der Waals surface area contributed by atoms with E-state index in [0.29, 0.717) is 0 Å². The average molecular weight is 328 g/mol. The lowest BCUT2D eigenvalue weighted by Crippen LogP contribution is -2.22. The third kappa shape index (κ3) is 3.05. The van der Waals surface area contributed by atoms with E-state index in [2.05, 4.69) is 47.2 Å². The van der Waals surface area contributed by atoms with Crippen LogP contribution in [-0.4, -0.2) is 6.54 Å². The van der Waals surface area contributed by atoms with E-state index in [1.807, 2.05) is 24.5 Å². The molecular formula is C14H18BrNOS. The van der Waals surface area contributed by atoms with Gasteiger partial charge in [-0.1, -0.05) is 6.92 Å². The largest absolute Gasteiger partial charge is 0.469 e. The van der Waals surface area contributed by atoms with Gasteiger partial charge in [-0.2, -0.15) is 0 Å². The minimum atomic E-state index is 0.218. The summed E-state index contributed by atoms with van der Waals surface area (Å²) in [6, 6.07) is 4.50. The molecule has 0 aliphatic heterocycles. The number of hydrogen-bond acceptors (Lipinski definition) is 3. The summed E-state index contributed by atoms with van der Waals surface area (Å²) in [5.41, 5.74) is 1.20. The Balaban J connectivity index is 2.33. The molecule has 4 heteroatoms. The topological polar surface area (TPSA) is 25.2 Å². The maximum atomic E-state index is 5.44. The molecule has 2 aromatic rings. The van der Waals surface area contributed by atoms with Crippen molar-refractivity contribution in [2.45, 2.75) is 33.2 Å². The van der Waals surface area contributed by atoms with E-state index in [9.17, 15) is 0 Å². The van der Waals surface area contributed by atoms with E-state index >= 15 is 0 Å². The fourth-order valence-electron chi connectivity index (χ4n) is 1.96. The van der Waals surface area contributed by atoms with E-state index in [-0.39, 0.29) is 6.04 Å². The number of thiophene rings is 1. The number of hydrogen-bond donors (Lipinski definition) is 1. The highest BCUT2D eigenvalue weighted by atomic mass is 79.9. The van der Waals surface area contributed by atoms with Crippen LogP contribution >= 0.6 is 27.3 Å². The van der Waals surface area contributed by atoms with E-state index in [1.54, 1.807) is 0 Å². The molecule has 18 heavy (non-hydrogen) atoms. The van der Waals surface area contributed by atoms with E-state index in [1.165, 1.54) is 19.8 Å². The molecule has 0 aliphatic rings. The van der Waals surface area contributed by atoms with Gasteiger partial charge in [0.1, 0.15) is 5.76 Å². The molecular weight excluding hydrogens is 310 g/mol. The van der Waals surface area contributed by atoms with Crippen molar-refractivity contribution in [3.8, 4) is 0 Å². The first kappa shape index (κ1) is 13.8. The lowest BCUT2D eigenvalue weighted by Gasteiger charge is -2.16. The smallest absolute Gasteiger partial charge is 0.101 e. The van der Waals surface area contributed by atoms with Crippen LogP contribution in [0.1, 0.15) is 40.5 Å². The van der Waals surface area contributed by atoms with Gasteiger partial charge in [-0.15, -0.1) is 11.3 Å². The molecule has 1 atom stereocenters. The van der Waals surface area contributed by atoms with Crippen molar-refractivity contribution in [2.24, 2.45) is 0 Å². The number of nitrogens with one attached hydrogen (secondary N) is 1. The molecule has 0 saturated carbocycles. The van der Waals surface area contributed by atoms with Crippen molar-refractivity contribution < 1.29 is 4.42 Å². The van der Waals surface area contributed by atoms with Crippen molar-refractivity contribution in [1.29, 1.82) is 0 Å². The summed E-state index contributed by atoms with van der Waals surface area (Å²) in [5, 5.41) is 3.59. The van der Waals surface area contributed by atoms with Crippen LogP contribution in [0.4, 0.5) is 0 Å². The van der Waals surface area contributed by atoms with Gasteiger partial charge >= 0.3 is 0 Å². The molecule has 98 valence electrons. The Morgan fingerprint density at radius 3 is 2.67 bits per heavy atom. The predicted octanol–water partition coefficient (Wildman–Crippen LogP) is 4.81. The quantitative estimate of drug-likeness (QED) is 0.852. The summed E-state index contributed by atoms with van der Waals surface area (Å²) in [6.45, 7) is 7.29. The molecule has 2 nitrogen and oxygen atoms in total. The highest BCUT2D eigenvalue weighted by molar-refractivity contribution is 9.10. The zero-order valence-corrected chi connectivity index (χ0v) is 13.3. The number of aryl methyl sites for hydroxylation is 2. The van der Waals surface area contributed by atoms with Crippen molar-refractivity contribution in [1.82, 2.24) is 5.32 Å². The third-order valence-electron chi connectivity index (χ3n) is 2.78. The van der Waals surface area contributed by atoms with Crippen LogP contribution in [0.2, 0.25) is 0 Å². The Kier molecular flexibility index (Phi) is 4.65. The van der Waals surface area contributed by atoms with Gasteiger partial charge in [0.15, 0.2) is 0 Å². The molecule has 2 aromatic heterocycles. The maximum absolute atomic E-state index is 5.44. The molecule has 0 spiro atoms. The van der Waals surface area contributed by atoms with Crippen LogP contribution < -0.4 is 5.32 Å². The summed E-state index contributed by atoms with van der Waals surface area (Å²) in [6.07, 6.45) is 2.97. The molecule has 0 aromatic carbocycles. The van der Waals surface area contributed by atoms with Crippen LogP contribution in [0, 0.1) is 13.8 Å². The number of halogens is 1. The third-order valence-corrected chi connectivity index (χ3v) is 4.82. The highest BCUT2D eigenvalue weighted by Crippen LogP contribution is 2.36. The van der Waals surface area contributed by atoms with Crippen molar-refractivity contribution in [2.75, 3.05) is 6.54 Å². The van der Waals surface area contributed by atoms with Gasteiger partial charge < -0.3 is 9.73 Å². The molecule has 0 saturated heterocycles. The summed E-state index contributed by atoms with van der Waals surface area (Å²) >= 11 is 5.48. The summed E-state index contributed by atoms with van der Waals surface area (Å²) in [5.74, 6) is 0.956. The van der Waals surface area contributed by atoms with Gasteiger partial charge in [-0.3, -0.25) is 0 Å². The standard InChI is InChI=1S/C14H18BrNOS/c1-4-5-16-13(11-6-9(2)17-8-11)14-12(15)7-10(3)18-14/h6-8,13,16H,4-5H2,1-3H3. The molecule has 0 radical (unpaired) electrons. The first-order chi connectivity index (χ1) is 8.61. The molecule has 1 unspecified atom stereocenters. The second-order valence-electron chi connectivity index (χ2n) is 4.45. The van der Waals surface area contributed by atoms with Gasteiger partial charge in [-0.05, 0) is 54.9 Å². The number of rotatable bonds is 5. The van der Waals surface area contributed by atoms with E-state index < -0.39 is 0 Å². The van der Waals surface area contributed by atoms with Crippen LogP contribution in [0.3, 0.4) is 0 Å². The normalized spacial score (nSPS) is 12.9. The first-order valence-electron chi connectivity index (χ1n) is 6.16. The lowest BCUT2D eigenvalue weighted by atomic mass is 10.1. The predicted molar refractivity (Wildman–Crippen MR) is 80.3 cm³/mol. The second-order valence-corrected chi connectivity index (χ2v) is 6.59. The Morgan fingerprint density at radius 2 is 2.17 bits per heavy atom. The Bertz CT molecular complexity index is 518. The molecule has 2 rings (SSSR count). The van der Waals surface area contributed by atoms with Gasteiger partial charge in [0, 0.05) is 19.8 Å². The van der Waals surface area contributed by atoms with Crippen LogP contribution in [0.25, 0.3) is 0 Å². The van der Waals surface area contributed by atoms with Gasteiger partial charge in [0.25, 0.3) is 0 Å². The fourth-order valence-corrected chi connectivity index (χ4v) is 3.95. The van der Waals surface area contributed by atoms with Crippen molar-refractivity contribution in [3.05, 3.63) is 43.9 Å². The van der Waals surface area contributed by atoms with E-state index in [0.717, 1.165) is 18.7 Å². The van der Waals surface area contributed by atoms with Crippen molar-refractivity contribution >= 4 is 27.3 Å². The Hall–Kier alpha value is -0.580. The van der Waals surface area contributed by atoms with Crippen LogP contribution in [-0.2, 0) is 0 Å². The highest BCUT2D eigenvalue weighted by Gasteiger charge is 2.20. The SMILES string of the molecule is CCCNC(c1coc(C)c1)c1sc(C)cc1Br. The van der Waals surface area contributed by atoms with Gasteiger partial charge in [-0.25, -0.2) is 0 Å². The Morgan fingerprint density at radius 1 is 1.39 bits per heavy atom. The molecule has 0 amide bonds. The summed E-state index contributed by atoms with van der Waals surface area (Å²) in [7, 11) is 0. The summed E-state index contributed by atoms with van der Waals surface area (Å²) in [4.78, 5) is 2.64. The Labute approximate surface area is 121 Å². The first-order valence-corrected chi connectivity index (χ1v) is 7.77. The fraction of sp³-hybridized carbons (Fsp3) is 0.429. The molecule has 0 fully saturated rings. The monoisotopic (exact) mass is 327 g/mol. The minimum absolute atomic E-state index is 0.218. The lowest BCUT2D eigenvalue weighted by molar-refractivity contribution is 0.524. The zero-order chi connectivity index (χ0) is 13.1. The average Bonchev–Trinajstić information content (AvgIpc) is 2.87. The minimum Gasteiger partial charge on any atom is -0.469 e. The molecule has 1 N–H and O–H groups in total. The van der Waals surface area contributed by atoms with Crippen molar-refractivity contribution in [3.63, 3.8) is 0 Å². The maximum Gasteiger partial charge on any atom is 0.101 e. The van der Waals surface area contributed by atoms with E-state index in [4.69, 9.17) is 4.42 Å². The second kappa shape index (κ2) is 6.04. The van der Waals surface area contributed by atoms with Gasteiger partial charge in [0.2, 0.25) is 0 Å². The van der Waals surface area contributed by atoms with Gasteiger partial charge in [0.05, 0.1) is 12.3 Å². The number of furan rings is 1. The summed E-state index contributed by atoms with van der Waals surface area (Å²) < 4.78 is 6.62. The van der Waals surface area contributed by atoms with Crippen LogP contribution in [0.15, 0.2) is 27.3 Å².